The third-order valence-electron chi connectivity index (χ3n) is 3.36. The maximum atomic E-state index is 11.1. The number of carboxylic acid groups (broad SMARTS) is 1. The molecule has 1 aromatic rings. The van der Waals surface area contributed by atoms with E-state index in [0.717, 1.165) is 18.5 Å². The van der Waals surface area contributed by atoms with Gasteiger partial charge in [-0.05, 0) is 31.6 Å². The molecule has 0 radical (unpaired) electrons. The molecule has 92 valence electrons. The molecule has 0 bridgehead atoms. The Kier molecular flexibility index (Phi) is 3.99. The third kappa shape index (κ3) is 3.19. The Morgan fingerprint density at radius 3 is 2.94 bits per heavy atom. The first kappa shape index (κ1) is 12.4. The summed E-state index contributed by atoms with van der Waals surface area (Å²) in [6, 6.07) is 0. The number of aliphatic carboxylic acids is 1. The lowest BCUT2D eigenvalue weighted by molar-refractivity contribution is -0.314. The minimum absolute atomic E-state index is 0.0973. The lowest BCUT2D eigenvalue weighted by Gasteiger charge is -2.34. The van der Waals surface area contributed by atoms with Crippen LogP contribution in [0.15, 0.2) is 18.6 Å². The summed E-state index contributed by atoms with van der Waals surface area (Å²) in [4.78, 5) is 19.3. The molecule has 1 saturated carbocycles. The van der Waals surface area contributed by atoms with E-state index in [4.69, 9.17) is 0 Å². The van der Waals surface area contributed by atoms with Crippen LogP contribution in [0.5, 0.6) is 0 Å². The fourth-order valence-corrected chi connectivity index (χ4v) is 2.82. The van der Waals surface area contributed by atoms with Crippen molar-refractivity contribution in [2.45, 2.75) is 30.9 Å². The highest BCUT2D eigenvalue weighted by Gasteiger charge is 2.30. The lowest BCUT2D eigenvalue weighted by atomic mass is 9.76. The van der Waals surface area contributed by atoms with E-state index in [9.17, 15) is 9.90 Å². The van der Waals surface area contributed by atoms with Crippen LogP contribution in [-0.2, 0) is 11.2 Å². The van der Waals surface area contributed by atoms with Gasteiger partial charge in [0.2, 0.25) is 0 Å². The number of aromatic nitrogens is 2. The molecule has 0 N–H and O–H groups in total. The summed E-state index contributed by atoms with van der Waals surface area (Å²) >= 11 is 4.36. The van der Waals surface area contributed by atoms with Crippen LogP contribution in [0.2, 0.25) is 0 Å². The first-order valence-electron chi connectivity index (χ1n) is 5.80. The predicted molar refractivity (Wildman–Crippen MR) is 64.3 cm³/mol. The van der Waals surface area contributed by atoms with Crippen molar-refractivity contribution in [3.63, 3.8) is 0 Å². The van der Waals surface area contributed by atoms with Gasteiger partial charge in [-0.15, -0.1) is 0 Å². The van der Waals surface area contributed by atoms with E-state index >= 15 is 0 Å². The van der Waals surface area contributed by atoms with E-state index in [2.05, 4.69) is 22.6 Å². The van der Waals surface area contributed by atoms with Gasteiger partial charge in [0.25, 0.3) is 0 Å². The number of nitrogens with zero attached hydrogens (tertiary/aromatic N) is 2. The smallest absolute Gasteiger partial charge is 0.0589 e. The maximum Gasteiger partial charge on any atom is 0.0589 e. The van der Waals surface area contributed by atoms with E-state index in [1.54, 1.807) is 18.6 Å². The Morgan fingerprint density at radius 1 is 1.47 bits per heavy atom. The third-order valence-corrected chi connectivity index (χ3v) is 3.83. The molecule has 3 atom stereocenters. The summed E-state index contributed by atoms with van der Waals surface area (Å²) < 4.78 is 0. The second-order valence-corrected chi connectivity index (χ2v) is 5.28. The molecular weight excluding hydrogens is 236 g/mol. The fourth-order valence-electron chi connectivity index (χ4n) is 2.45. The number of carbonyl (C=O) groups is 1. The number of thiol groups is 1. The van der Waals surface area contributed by atoms with Crippen molar-refractivity contribution < 1.29 is 9.90 Å². The van der Waals surface area contributed by atoms with Crippen molar-refractivity contribution in [2.75, 3.05) is 0 Å². The summed E-state index contributed by atoms with van der Waals surface area (Å²) in [7, 11) is 0. The Balaban J connectivity index is 2.06. The molecule has 0 aliphatic heterocycles. The number of carboxylic acids is 1. The van der Waals surface area contributed by atoms with Crippen LogP contribution in [0, 0.1) is 11.8 Å². The highest BCUT2D eigenvalue weighted by atomic mass is 32.1. The van der Waals surface area contributed by atoms with E-state index < -0.39 is 11.9 Å². The van der Waals surface area contributed by atoms with Gasteiger partial charge >= 0.3 is 0 Å². The molecule has 2 rings (SSSR count). The van der Waals surface area contributed by atoms with Crippen LogP contribution in [-0.4, -0.2) is 21.2 Å². The van der Waals surface area contributed by atoms with E-state index in [0.29, 0.717) is 12.8 Å². The van der Waals surface area contributed by atoms with Gasteiger partial charge in [0, 0.05) is 35.7 Å². The average Bonchev–Trinajstić information content (AvgIpc) is 2.32. The van der Waals surface area contributed by atoms with Gasteiger partial charge in [-0.3, -0.25) is 9.97 Å². The quantitative estimate of drug-likeness (QED) is 0.794. The second kappa shape index (κ2) is 5.49. The zero-order chi connectivity index (χ0) is 12.3. The van der Waals surface area contributed by atoms with Gasteiger partial charge in [-0.25, -0.2) is 0 Å². The summed E-state index contributed by atoms with van der Waals surface area (Å²) in [5, 5.41) is 11.3. The van der Waals surface area contributed by atoms with Gasteiger partial charge in [0.05, 0.1) is 5.69 Å². The number of hydrogen-bond acceptors (Lipinski definition) is 5. The maximum absolute atomic E-state index is 11.1. The van der Waals surface area contributed by atoms with Crippen molar-refractivity contribution in [3.8, 4) is 0 Å². The molecule has 1 aliphatic carbocycles. The first-order valence-corrected chi connectivity index (χ1v) is 6.32. The summed E-state index contributed by atoms with van der Waals surface area (Å²) in [5.41, 5.74) is 0.848. The second-order valence-electron chi connectivity index (χ2n) is 4.55. The van der Waals surface area contributed by atoms with Crippen molar-refractivity contribution in [2.24, 2.45) is 11.8 Å². The number of rotatable bonds is 3. The zero-order valence-electron chi connectivity index (χ0n) is 9.45. The monoisotopic (exact) mass is 251 g/mol. The molecule has 5 heteroatoms. The number of hydrogen-bond donors (Lipinski definition) is 1. The minimum atomic E-state index is -0.961. The topological polar surface area (TPSA) is 65.9 Å². The fraction of sp³-hybridized carbons (Fsp3) is 0.583. The largest absolute Gasteiger partial charge is 0.550 e. The molecule has 3 unspecified atom stereocenters. The minimum Gasteiger partial charge on any atom is -0.550 e. The number of carbonyl (C=O) groups excluding carboxylic acids is 1. The van der Waals surface area contributed by atoms with Gasteiger partial charge in [0.15, 0.2) is 0 Å². The van der Waals surface area contributed by atoms with Crippen LogP contribution in [0.3, 0.4) is 0 Å². The zero-order valence-corrected chi connectivity index (χ0v) is 10.3. The molecule has 1 heterocycles. The summed E-state index contributed by atoms with van der Waals surface area (Å²) in [6.45, 7) is 0. The standard InChI is InChI=1S/C12H16N2O2S/c15-12(16)11-6-10(17)2-1-8(11)5-9-7-13-3-4-14-9/h3-4,7-8,10-11,17H,1-2,5-6H2,(H,15,16)/p-1. The highest BCUT2D eigenvalue weighted by Crippen LogP contribution is 2.34. The molecule has 1 fully saturated rings. The summed E-state index contributed by atoms with van der Waals surface area (Å²) in [5.74, 6) is -1.27. The first-order chi connectivity index (χ1) is 8.16. The van der Waals surface area contributed by atoms with Crippen LogP contribution in [0.25, 0.3) is 0 Å². The molecule has 0 spiro atoms. The molecule has 1 aromatic heterocycles. The Labute approximate surface area is 106 Å². The van der Waals surface area contributed by atoms with Crippen LogP contribution >= 0.6 is 12.6 Å². The van der Waals surface area contributed by atoms with E-state index in [1.165, 1.54) is 0 Å². The van der Waals surface area contributed by atoms with Crippen molar-refractivity contribution in [3.05, 3.63) is 24.3 Å². The van der Waals surface area contributed by atoms with Crippen LogP contribution < -0.4 is 5.11 Å². The molecular formula is C12H15N2O2S-. The van der Waals surface area contributed by atoms with Crippen molar-refractivity contribution in [1.29, 1.82) is 0 Å². The molecule has 17 heavy (non-hydrogen) atoms. The van der Waals surface area contributed by atoms with E-state index in [-0.39, 0.29) is 11.2 Å². The molecule has 1 aliphatic rings. The van der Waals surface area contributed by atoms with Crippen LogP contribution in [0.4, 0.5) is 0 Å². The van der Waals surface area contributed by atoms with Gasteiger partial charge in [-0.2, -0.15) is 12.6 Å². The molecule has 0 saturated heterocycles. The van der Waals surface area contributed by atoms with Gasteiger partial charge in [-0.1, -0.05) is 0 Å². The molecule has 0 aromatic carbocycles. The normalized spacial score (nSPS) is 28.9. The van der Waals surface area contributed by atoms with Crippen molar-refractivity contribution in [1.82, 2.24) is 9.97 Å². The van der Waals surface area contributed by atoms with Crippen molar-refractivity contribution >= 4 is 18.6 Å². The van der Waals surface area contributed by atoms with Gasteiger partial charge in [0.1, 0.15) is 0 Å². The predicted octanol–water partition coefficient (Wildman–Crippen LogP) is 0.484. The lowest BCUT2D eigenvalue weighted by Crippen LogP contribution is -2.40. The SMILES string of the molecule is O=C([O-])C1CC(S)CCC1Cc1cnccn1. The molecule has 0 amide bonds. The van der Waals surface area contributed by atoms with Crippen LogP contribution in [0.1, 0.15) is 25.0 Å². The average molecular weight is 251 g/mol. The Hall–Kier alpha value is -1.10. The highest BCUT2D eigenvalue weighted by molar-refractivity contribution is 7.80. The van der Waals surface area contributed by atoms with E-state index in [1.807, 2.05) is 0 Å². The van der Waals surface area contributed by atoms with Gasteiger partial charge < -0.3 is 9.90 Å². The molecule has 4 nitrogen and oxygen atoms in total. The summed E-state index contributed by atoms with van der Waals surface area (Å²) in [6.07, 6.45) is 8.02. The Morgan fingerprint density at radius 2 is 2.29 bits per heavy atom. The Bertz CT molecular complexity index is 385.